The summed E-state index contributed by atoms with van der Waals surface area (Å²) in [6, 6.07) is 16.2. The molecular weight excluding hydrogens is 446 g/mol. The summed E-state index contributed by atoms with van der Waals surface area (Å²) in [4.78, 5) is 2.95. The normalized spacial score (nSPS) is 18.4. The summed E-state index contributed by atoms with van der Waals surface area (Å²) < 4.78 is 73.3. The molecule has 6 rings (SSSR count). The Bertz CT molecular complexity index is 1420. The number of nitrogens with one attached hydrogen (secondary N) is 1. The number of aryl methyl sites for hydroxylation is 3. The van der Waals surface area contributed by atoms with Gasteiger partial charge in [0.05, 0.1) is 5.69 Å². The highest BCUT2D eigenvalue weighted by molar-refractivity contribution is 6.36. The van der Waals surface area contributed by atoms with Crippen LogP contribution in [-0.2, 0) is 19.3 Å². The van der Waals surface area contributed by atoms with Gasteiger partial charge in [0.15, 0.2) is 11.4 Å². The van der Waals surface area contributed by atoms with E-state index in [-0.39, 0.29) is 11.4 Å². The van der Waals surface area contributed by atoms with Crippen molar-refractivity contribution in [2.24, 2.45) is 0 Å². The molecule has 1 aliphatic heterocycles. The molecule has 0 unspecified atom stereocenters. The third-order valence-electron chi connectivity index (χ3n) is 7.01. The monoisotopic (exact) mass is 466 g/mol. The Labute approximate surface area is 193 Å². The minimum Gasteiger partial charge on any atom is -0.415 e. The lowest BCUT2D eigenvalue weighted by Gasteiger charge is -2.20. The smallest absolute Gasteiger partial charge is 0.415 e. The zero-order valence-electron chi connectivity index (χ0n) is 18.1. The summed E-state index contributed by atoms with van der Waals surface area (Å²) in [5.41, 5.74) is 3.86. The van der Waals surface area contributed by atoms with Crippen LogP contribution in [0.5, 0.6) is 0 Å². The van der Waals surface area contributed by atoms with Gasteiger partial charge in [-0.15, -0.1) is 0 Å². The highest BCUT2D eigenvalue weighted by Gasteiger charge is 2.46. The molecule has 0 radical (unpaired) electrons. The molecular formula is C26H20BF5N2. The summed E-state index contributed by atoms with van der Waals surface area (Å²) >= 11 is 0. The summed E-state index contributed by atoms with van der Waals surface area (Å²) in [7, 11) is -4.05. The number of nitrogens with zero attached hydrogens (tertiary/aromatic N) is 1. The van der Waals surface area contributed by atoms with Crippen molar-refractivity contribution in [1.82, 2.24) is 4.98 Å². The van der Waals surface area contributed by atoms with Crippen LogP contribution in [0.1, 0.15) is 34.4 Å². The fourth-order valence-electron chi connectivity index (χ4n) is 5.57. The first-order valence-corrected chi connectivity index (χ1v) is 11.3. The van der Waals surface area contributed by atoms with Crippen LogP contribution in [0.3, 0.4) is 0 Å². The van der Waals surface area contributed by atoms with Gasteiger partial charge in [0.25, 0.3) is 0 Å². The quantitative estimate of drug-likeness (QED) is 0.348. The molecule has 0 atom stereocenters. The molecule has 1 N–H and O–H groups in total. The zero-order chi connectivity index (χ0) is 23.6. The average Bonchev–Trinajstić information content (AvgIpc) is 3.40. The molecule has 2 nitrogen and oxygen atoms in total. The van der Waals surface area contributed by atoms with Crippen molar-refractivity contribution in [3.8, 4) is 11.3 Å². The molecule has 0 fully saturated rings. The van der Waals surface area contributed by atoms with Gasteiger partial charge in [-0.3, -0.25) is 0 Å². The molecule has 3 aromatic rings. The Balaban J connectivity index is 1.61. The summed E-state index contributed by atoms with van der Waals surface area (Å²) in [6.07, 6.45) is -1.14. The number of benzene rings is 2. The third kappa shape index (κ3) is 3.19. The standard InChI is InChI=1S/C26H20BF5N2/c28-26(29,30)23(21-13-17-11-9-15-5-1-3-7-19(15)24(17)33-21)22-14-18-12-10-16-6-2-4-8-20(16)25(18)34(22)27(31)32/h1-8,13-14,27,33H,9-12H2/b23-22+. The van der Waals surface area contributed by atoms with Gasteiger partial charge < -0.3 is 18.1 Å². The van der Waals surface area contributed by atoms with Gasteiger partial charge in [-0.2, -0.15) is 13.2 Å². The van der Waals surface area contributed by atoms with Crippen LogP contribution < -0.4 is 0 Å². The van der Waals surface area contributed by atoms with Crippen molar-refractivity contribution < 1.29 is 26.3 Å². The number of hydrogen-bond donors (Lipinski definition) is 1. The van der Waals surface area contributed by atoms with Gasteiger partial charge in [0, 0.05) is 28.5 Å². The van der Waals surface area contributed by atoms with Crippen molar-refractivity contribution in [2.75, 3.05) is 0 Å². The number of fused-ring (bicyclic) bond motifs is 6. The minimum absolute atomic E-state index is 0.168. The minimum atomic E-state index is -4.82. The van der Waals surface area contributed by atoms with E-state index in [9.17, 15) is 21.8 Å². The van der Waals surface area contributed by atoms with Crippen molar-refractivity contribution in [3.05, 3.63) is 99.9 Å². The fourth-order valence-corrected chi connectivity index (χ4v) is 5.57. The molecule has 0 spiro atoms. The van der Waals surface area contributed by atoms with Crippen molar-refractivity contribution in [3.63, 3.8) is 0 Å². The van der Waals surface area contributed by atoms with Gasteiger partial charge in [-0.05, 0) is 54.5 Å². The largest absolute Gasteiger partial charge is 0.602 e. The first-order chi connectivity index (χ1) is 16.3. The summed E-state index contributed by atoms with van der Waals surface area (Å²) in [5.74, 6) is 0. The topological polar surface area (TPSA) is 18.8 Å². The van der Waals surface area contributed by atoms with E-state index >= 15 is 0 Å². The van der Waals surface area contributed by atoms with Crippen LogP contribution >= 0.6 is 0 Å². The van der Waals surface area contributed by atoms with Crippen LogP contribution in [-0.4, -0.2) is 28.8 Å². The highest BCUT2D eigenvalue weighted by Crippen LogP contribution is 2.44. The second-order valence-electron chi connectivity index (χ2n) is 8.94. The Kier molecular flexibility index (Phi) is 4.69. The molecule has 0 amide bonds. The second-order valence-corrected chi connectivity index (χ2v) is 8.94. The van der Waals surface area contributed by atoms with Crippen LogP contribution in [0.2, 0.25) is 0 Å². The lowest BCUT2D eigenvalue weighted by atomic mass is 9.86. The summed E-state index contributed by atoms with van der Waals surface area (Å²) in [6.45, 7) is 0. The average molecular weight is 466 g/mol. The van der Waals surface area contributed by atoms with E-state index in [4.69, 9.17) is 0 Å². The maximum Gasteiger partial charge on any atom is 0.602 e. The predicted octanol–water partition coefficient (Wildman–Crippen LogP) is 6.10. The van der Waals surface area contributed by atoms with Crippen molar-refractivity contribution in [1.29, 1.82) is 0 Å². The molecule has 0 bridgehead atoms. The van der Waals surface area contributed by atoms with Crippen LogP contribution in [0.15, 0.2) is 71.9 Å². The van der Waals surface area contributed by atoms with E-state index in [1.54, 1.807) is 12.1 Å². The van der Waals surface area contributed by atoms with E-state index in [1.165, 1.54) is 12.1 Å². The third-order valence-corrected chi connectivity index (χ3v) is 7.01. The second kappa shape index (κ2) is 7.55. The summed E-state index contributed by atoms with van der Waals surface area (Å²) in [5, 5.41) is 0. The molecule has 34 heavy (non-hydrogen) atoms. The Morgan fingerprint density at radius 2 is 1.44 bits per heavy atom. The number of rotatable bonds is 2. The molecule has 172 valence electrons. The number of halogens is 5. The fraction of sp³-hybridized carbons (Fsp3) is 0.192. The van der Waals surface area contributed by atoms with Gasteiger partial charge in [0.2, 0.25) is 0 Å². The Morgan fingerprint density at radius 3 is 2.15 bits per heavy atom. The Hall–Kier alpha value is -3.42. The van der Waals surface area contributed by atoms with Crippen LogP contribution in [0, 0.1) is 0 Å². The van der Waals surface area contributed by atoms with Gasteiger partial charge >= 0.3 is 13.6 Å². The predicted molar refractivity (Wildman–Crippen MR) is 123 cm³/mol. The first-order valence-electron chi connectivity index (χ1n) is 11.3. The van der Waals surface area contributed by atoms with Gasteiger partial charge in [0.1, 0.15) is 5.57 Å². The van der Waals surface area contributed by atoms with Crippen LogP contribution in [0.25, 0.3) is 16.8 Å². The molecule has 0 saturated carbocycles. The Morgan fingerprint density at radius 1 is 0.824 bits per heavy atom. The number of allylic oxidation sites excluding steroid dienone is 3. The maximum absolute atomic E-state index is 14.5. The molecule has 2 aliphatic carbocycles. The number of H-pyrrole nitrogens is 1. The van der Waals surface area contributed by atoms with E-state index in [0.29, 0.717) is 40.6 Å². The SMILES string of the molecule is F[BH-](F)[N+]1=C2C(=C/C1=C(/c1cc3c([nH]1)-c1ccccc1CC3)C(F)(F)F)CCc1ccccc12. The van der Waals surface area contributed by atoms with E-state index in [1.807, 2.05) is 36.4 Å². The lowest BCUT2D eigenvalue weighted by Crippen LogP contribution is -2.30. The lowest BCUT2D eigenvalue weighted by molar-refractivity contribution is -0.342. The molecule has 3 aliphatic rings. The first kappa shape index (κ1) is 21.1. The van der Waals surface area contributed by atoms with Gasteiger partial charge in [-0.1, -0.05) is 42.5 Å². The van der Waals surface area contributed by atoms with E-state index < -0.39 is 24.8 Å². The molecule has 2 heterocycles. The molecule has 2 aromatic carbocycles. The van der Waals surface area contributed by atoms with Crippen molar-refractivity contribution in [2.45, 2.75) is 31.9 Å². The van der Waals surface area contributed by atoms with E-state index in [2.05, 4.69) is 4.98 Å². The maximum atomic E-state index is 14.5. The molecule has 1 aromatic heterocycles. The number of aromatic nitrogens is 1. The number of hydrogen-bond acceptors (Lipinski definition) is 0. The molecule has 8 heteroatoms. The zero-order valence-corrected chi connectivity index (χ0v) is 18.1. The van der Waals surface area contributed by atoms with Crippen molar-refractivity contribution >= 4 is 18.7 Å². The van der Waals surface area contributed by atoms with Crippen LogP contribution in [0.4, 0.5) is 21.8 Å². The van der Waals surface area contributed by atoms with E-state index in [0.717, 1.165) is 28.7 Å². The highest BCUT2D eigenvalue weighted by atomic mass is 19.4. The molecule has 0 saturated heterocycles. The number of aromatic amines is 1. The number of alkyl halides is 3. The van der Waals surface area contributed by atoms with Gasteiger partial charge in [-0.25, -0.2) is 0 Å².